The van der Waals surface area contributed by atoms with E-state index in [2.05, 4.69) is 10.5 Å². The van der Waals surface area contributed by atoms with Crippen molar-refractivity contribution in [2.24, 2.45) is 5.92 Å². The van der Waals surface area contributed by atoms with Gasteiger partial charge >= 0.3 is 0 Å². The van der Waals surface area contributed by atoms with E-state index in [4.69, 9.17) is 9.26 Å². The van der Waals surface area contributed by atoms with Crippen molar-refractivity contribution in [2.45, 2.75) is 57.0 Å². The van der Waals surface area contributed by atoms with Gasteiger partial charge in [-0.15, -0.1) is 0 Å². The molecule has 1 aliphatic heterocycles. The first-order valence-electron chi connectivity index (χ1n) is 7.70. The lowest BCUT2D eigenvalue weighted by Gasteiger charge is -2.29. The zero-order valence-corrected chi connectivity index (χ0v) is 11.6. The van der Waals surface area contributed by atoms with Gasteiger partial charge in [-0.2, -0.15) is 0 Å². The summed E-state index contributed by atoms with van der Waals surface area (Å²) in [4.78, 5) is 12.6. The number of anilines is 1. The molecule has 0 radical (unpaired) electrons. The highest BCUT2D eigenvalue weighted by atomic mass is 16.5. The first kappa shape index (κ1) is 12.4. The van der Waals surface area contributed by atoms with Crippen molar-refractivity contribution in [3.8, 4) is 0 Å². The summed E-state index contributed by atoms with van der Waals surface area (Å²) in [7, 11) is 0. The quantitative estimate of drug-likeness (QED) is 0.901. The average Bonchev–Trinajstić information content (AvgIpc) is 3.02. The predicted molar refractivity (Wildman–Crippen MR) is 72.4 cm³/mol. The summed E-state index contributed by atoms with van der Waals surface area (Å²) in [6.45, 7) is 0.727. The van der Waals surface area contributed by atoms with Gasteiger partial charge in [0, 0.05) is 12.0 Å². The normalized spacial score (nSPS) is 31.9. The Morgan fingerprint density at radius 2 is 2.20 bits per heavy atom. The van der Waals surface area contributed by atoms with Crippen LogP contribution in [0, 0.1) is 5.92 Å². The van der Waals surface area contributed by atoms with Crippen molar-refractivity contribution in [3.63, 3.8) is 0 Å². The lowest BCUT2D eigenvalue weighted by atomic mass is 9.80. The monoisotopic (exact) mass is 276 g/mol. The molecule has 0 spiro atoms. The molecule has 108 valence electrons. The Morgan fingerprint density at radius 1 is 1.30 bits per heavy atom. The molecule has 2 unspecified atom stereocenters. The molecule has 2 atom stereocenters. The van der Waals surface area contributed by atoms with Crippen molar-refractivity contribution >= 4 is 11.7 Å². The molecule has 5 nitrogen and oxygen atoms in total. The second-order valence-corrected chi connectivity index (χ2v) is 6.36. The Hall–Kier alpha value is -1.36. The number of aryl methyl sites for hydroxylation is 1. The average molecular weight is 276 g/mol. The van der Waals surface area contributed by atoms with Crippen LogP contribution in [0.2, 0.25) is 0 Å². The fourth-order valence-electron chi connectivity index (χ4n) is 3.87. The first-order chi connectivity index (χ1) is 9.77. The maximum atomic E-state index is 12.6. The Labute approximate surface area is 118 Å². The summed E-state index contributed by atoms with van der Waals surface area (Å²) in [6, 6.07) is 0. The third-order valence-electron chi connectivity index (χ3n) is 5.00. The van der Waals surface area contributed by atoms with Gasteiger partial charge in [0.2, 0.25) is 0 Å². The van der Waals surface area contributed by atoms with Gasteiger partial charge in [-0.25, -0.2) is 0 Å². The van der Waals surface area contributed by atoms with Gasteiger partial charge in [-0.1, -0.05) is 5.16 Å². The number of fused-ring (bicyclic) bond motifs is 3. The predicted octanol–water partition coefficient (Wildman–Crippen LogP) is 2.45. The molecular formula is C15H20N2O3. The molecule has 3 aliphatic rings. The Kier molecular flexibility index (Phi) is 2.84. The van der Waals surface area contributed by atoms with Gasteiger partial charge in [0.15, 0.2) is 5.82 Å². The standard InChI is InChI=1S/C15H20N2O3/c18-14(15-7-3-4-10(8-15)9-19-15)16-13-11-5-1-2-6-12(11)20-17-13/h10H,1-9H2,(H,16,17,18). The molecule has 1 aromatic heterocycles. The molecule has 2 fully saturated rings. The van der Waals surface area contributed by atoms with E-state index in [1.165, 1.54) is 6.42 Å². The molecule has 1 saturated carbocycles. The van der Waals surface area contributed by atoms with Gasteiger partial charge in [0.25, 0.3) is 5.91 Å². The molecule has 1 aromatic rings. The van der Waals surface area contributed by atoms with Gasteiger partial charge in [-0.3, -0.25) is 4.79 Å². The minimum Gasteiger partial charge on any atom is -0.365 e. The number of nitrogens with zero attached hydrogens (tertiary/aromatic N) is 1. The Bertz CT molecular complexity index is 535. The molecule has 1 N–H and O–H groups in total. The van der Waals surface area contributed by atoms with Crippen LogP contribution in [-0.2, 0) is 22.4 Å². The number of carbonyl (C=O) groups excluding carboxylic acids is 1. The molecule has 5 heteroatoms. The van der Waals surface area contributed by atoms with E-state index in [-0.39, 0.29) is 5.91 Å². The smallest absolute Gasteiger partial charge is 0.257 e. The van der Waals surface area contributed by atoms with Gasteiger partial charge in [-0.05, 0) is 50.9 Å². The number of hydrogen-bond acceptors (Lipinski definition) is 4. The molecule has 20 heavy (non-hydrogen) atoms. The highest BCUT2D eigenvalue weighted by Gasteiger charge is 2.49. The summed E-state index contributed by atoms with van der Waals surface area (Å²) < 4.78 is 11.2. The van der Waals surface area contributed by atoms with Crippen molar-refractivity contribution in [1.29, 1.82) is 0 Å². The number of rotatable bonds is 2. The number of aromatic nitrogens is 1. The van der Waals surface area contributed by atoms with E-state index in [0.29, 0.717) is 11.7 Å². The van der Waals surface area contributed by atoms with Crippen LogP contribution in [0.15, 0.2) is 4.52 Å². The maximum Gasteiger partial charge on any atom is 0.257 e. The van der Waals surface area contributed by atoms with Crippen LogP contribution in [0.1, 0.15) is 49.8 Å². The second kappa shape index (κ2) is 4.58. The van der Waals surface area contributed by atoms with Crippen molar-refractivity contribution in [2.75, 3.05) is 11.9 Å². The molecule has 2 bridgehead atoms. The minimum atomic E-state index is -0.608. The molecular weight excluding hydrogens is 256 g/mol. The van der Waals surface area contributed by atoms with Crippen LogP contribution >= 0.6 is 0 Å². The van der Waals surface area contributed by atoms with Crippen LogP contribution in [0.4, 0.5) is 5.82 Å². The summed E-state index contributed by atoms with van der Waals surface area (Å²) in [5, 5.41) is 7.02. The van der Waals surface area contributed by atoms with Gasteiger partial charge in [0.1, 0.15) is 11.4 Å². The lowest BCUT2D eigenvalue weighted by molar-refractivity contribution is -0.136. The highest BCUT2D eigenvalue weighted by Crippen LogP contribution is 2.42. The van der Waals surface area contributed by atoms with Crippen LogP contribution < -0.4 is 5.32 Å². The van der Waals surface area contributed by atoms with Crippen LogP contribution in [0.25, 0.3) is 0 Å². The second-order valence-electron chi connectivity index (χ2n) is 6.36. The molecule has 0 aromatic carbocycles. The largest absolute Gasteiger partial charge is 0.365 e. The lowest BCUT2D eigenvalue weighted by Crippen LogP contribution is -2.44. The molecule has 2 aliphatic carbocycles. The summed E-state index contributed by atoms with van der Waals surface area (Å²) >= 11 is 0. The molecule has 1 amide bonds. The summed E-state index contributed by atoms with van der Waals surface area (Å²) in [6.07, 6.45) is 8.12. The van der Waals surface area contributed by atoms with Crippen molar-refractivity contribution < 1.29 is 14.1 Å². The minimum absolute atomic E-state index is 0.0265. The topological polar surface area (TPSA) is 64.4 Å². The fourth-order valence-corrected chi connectivity index (χ4v) is 3.87. The van der Waals surface area contributed by atoms with E-state index in [0.717, 1.165) is 62.9 Å². The SMILES string of the molecule is O=C(Nc1noc2c1CCCC2)C12CCCC(CO1)C2. The van der Waals surface area contributed by atoms with Crippen LogP contribution in [0.5, 0.6) is 0 Å². The molecule has 4 rings (SSSR count). The number of ether oxygens (including phenoxy) is 1. The van der Waals surface area contributed by atoms with Gasteiger partial charge in [0.05, 0.1) is 6.61 Å². The van der Waals surface area contributed by atoms with Crippen molar-refractivity contribution in [3.05, 3.63) is 11.3 Å². The third-order valence-corrected chi connectivity index (χ3v) is 5.00. The fraction of sp³-hybridized carbons (Fsp3) is 0.733. The zero-order valence-electron chi connectivity index (χ0n) is 11.6. The maximum absolute atomic E-state index is 12.6. The van der Waals surface area contributed by atoms with Crippen molar-refractivity contribution in [1.82, 2.24) is 5.16 Å². The number of nitrogens with one attached hydrogen (secondary N) is 1. The Balaban J connectivity index is 1.54. The first-order valence-corrected chi connectivity index (χ1v) is 7.70. The summed E-state index contributed by atoms with van der Waals surface area (Å²) in [5.74, 6) is 2.09. The van der Waals surface area contributed by atoms with Crippen LogP contribution in [0.3, 0.4) is 0 Å². The number of hydrogen-bond donors (Lipinski definition) is 1. The molecule has 1 saturated heterocycles. The Morgan fingerprint density at radius 3 is 3.15 bits per heavy atom. The van der Waals surface area contributed by atoms with E-state index in [1.807, 2.05) is 0 Å². The zero-order chi connectivity index (χ0) is 13.6. The van der Waals surface area contributed by atoms with Gasteiger partial charge < -0.3 is 14.6 Å². The van der Waals surface area contributed by atoms with E-state index >= 15 is 0 Å². The number of carbonyl (C=O) groups is 1. The third kappa shape index (κ3) is 1.87. The number of amides is 1. The molecule has 2 heterocycles. The van der Waals surface area contributed by atoms with E-state index in [9.17, 15) is 4.79 Å². The summed E-state index contributed by atoms with van der Waals surface area (Å²) in [5.41, 5.74) is 0.481. The van der Waals surface area contributed by atoms with E-state index in [1.54, 1.807) is 0 Å². The highest BCUT2D eigenvalue weighted by molar-refractivity contribution is 5.97. The van der Waals surface area contributed by atoms with E-state index < -0.39 is 5.60 Å². The van der Waals surface area contributed by atoms with Crippen LogP contribution in [-0.4, -0.2) is 23.3 Å².